The Morgan fingerprint density at radius 3 is 2.67 bits per heavy atom. The molecule has 3 aromatic rings. The summed E-state index contributed by atoms with van der Waals surface area (Å²) < 4.78 is 0. The van der Waals surface area contributed by atoms with E-state index in [1.807, 2.05) is 35.7 Å². The van der Waals surface area contributed by atoms with E-state index in [1.54, 1.807) is 18.3 Å². The Morgan fingerprint density at radius 2 is 1.94 bits per heavy atom. The number of thioether (sulfide) groups is 1. The van der Waals surface area contributed by atoms with Crippen molar-refractivity contribution >= 4 is 40.5 Å². The van der Waals surface area contributed by atoms with Crippen molar-refractivity contribution in [3.63, 3.8) is 0 Å². The minimum Gasteiger partial charge on any atom is -0.368 e. The Kier molecular flexibility index (Phi) is 6.77. The highest BCUT2D eigenvalue weighted by Crippen LogP contribution is 2.34. The maximum Gasteiger partial charge on any atom is 0.287 e. The largest absolute Gasteiger partial charge is 0.368 e. The van der Waals surface area contributed by atoms with Crippen LogP contribution in [0, 0.1) is 21.4 Å². The highest BCUT2D eigenvalue weighted by atomic mass is 32.2. The van der Waals surface area contributed by atoms with Gasteiger partial charge >= 0.3 is 0 Å². The highest BCUT2D eigenvalue weighted by Gasteiger charge is 2.18. The van der Waals surface area contributed by atoms with Gasteiger partial charge in [0.15, 0.2) is 0 Å². The zero-order valence-corrected chi connectivity index (χ0v) is 18.0. The first-order valence-electron chi connectivity index (χ1n) is 9.89. The van der Waals surface area contributed by atoms with Crippen LogP contribution in [0.25, 0.3) is 11.3 Å². The number of nitriles is 1. The van der Waals surface area contributed by atoms with Gasteiger partial charge in [0.1, 0.15) is 23.7 Å². The molecule has 1 aromatic carbocycles. The van der Waals surface area contributed by atoms with E-state index in [0.29, 0.717) is 41.2 Å². The lowest BCUT2D eigenvalue weighted by molar-refractivity contribution is -0.385. The number of hydrogen-bond acceptors (Lipinski definition) is 10. The zero-order chi connectivity index (χ0) is 23.0. The third kappa shape index (κ3) is 5.44. The summed E-state index contributed by atoms with van der Waals surface area (Å²) in [7, 11) is 0. The summed E-state index contributed by atoms with van der Waals surface area (Å²) >= 11 is 1.44. The summed E-state index contributed by atoms with van der Waals surface area (Å²) in [5.74, 6) is 0.915. The molecule has 3 N–H and O–H groups in total. The molecule has 0 unspecified atom stereocenters. The molecule has 0 amide bonds. The maximum absolute atomic E-state index is 10.7. The number of aromatic nitrogens is 3. The van der Waals surface area contributed by atoms with E-state index in [0.717, 1.165) is 11.3 Å². The van der Waals surface area contributed by atoms with E-state index < -0.39 is 4.92 Å². The smallest absolute Gasteiger partial charge is 0.287 e. The summed E-state index contributed by atoms with van der Waals surface area (Å²) in [6.07, 6.45) is 2.80. The van der Waals surface area contributed by atoms with E-state index in [2.05, 4.69) is 37.0 Å². The van der Waals surface area contributed by atoms with Gasteiger partial charge in [-0.1, -0.05) is 42.1 Å². The van der Waals surface area contributed by atoms with Gasteiger partial charge in [-0.3, -0.25) is 10.1 Å². The van der Waals surface area contributed by atoms with Gasteiger partial charge < -0.3 is 16.0 Å². The average Bonchev–Trinajstić information content (AvgIpc) is 3.33. The van der Waals surface area contributed by atoms with E-state index in [4.69, 9.17) is 0 Å². The average molecular weight is 459 g/mol. The number of nitrogens with one attached hydrogen (secondary N) is 3. The number of benzene rings is 1. The van der Waals surface area contributed by atoms with Crippen LogP contribution in [-0.2, 0) is 0 Å². The molecule has 164 valence electrons. The Morgan fingerprint density at radius 1 is 1.12 bits per heavy atom. The monoisotopic (exact) mass is 458 g/mol. The second-order valence-electron chi connectivity index (χ2n) is 6.73. The van der Waals surface area contributed by atoms with E-state index in [-0.39, 0.29) is 5.69 Å². The van der Waals surface area contributed by atoms with Crippen LogP contribution in [0.5, 0.6) is 0 Å². The van der Waals surface area contributed by atoms with Gasteiger partial charge in [-0.2, -0.15) is 5.26 Å². The minimum atomic E-state index is -0.494. The fourth-order valence-electron chi connectivity index (χ4n) is 2.95. The van der Waals surface area contributed by atoms with Crippen LogP contribution < -0.4 is 16.0 Å². The molecule has 4 rings (SSSR count). The molecule has 0 saturated carbocycles. The van der Waals surface area contributed by atoms with Crippen molar-refractivity contribution in [1.82, 2.24) is 20.3 Å². The van der Waals surface area contributed by atoms with Gasteiger partial charge in [0.05, 0.1) is 21.3 Å². The van der Waals surface area contributed by atoms with Crippen LogP contribution in [0.2, 0.25) is 0 Å². The minimum absolute atomic E-state index is 0.0627. The van der Waals surface area contributed by atoms with Crippen molar-refractivity contribution in [2.75, 3.05) is 23.7 Å². The summed E-state index contributed by atoms with van der Waals surface area (Å²) in [6, 6.07) is 16.7. The van der Waals surface area contributed by atoms with Gasteiger partial charge in [0, 0.05) is 30.8 Å². The van der Waals surface area contributed by atoms with Gasteiger partial charge in [0.25, 0.3) is 5.69 Å². The van der Waals surface area contributed by atoms with Crippen molar-refractivity contribution in [2.24, 2.45) is 0 Å². The molecule has 0 aliphatic carbocycles. The molecule has 0 spiro atoms. The van der Waals surface area contributed by atoms with Crippen molar-refractivity contribution in [1.29, 1.82) is 5.26 Å². The number of hydrogen-bond donors (Lipinski definition) is 3. The van der Waals surface area contributed by atoms with Crippen LogP contribution in [-0.4, -0.2) is 33.0 Å². The molecular weight excluding hydrogens is 440 g/mol. The molecule has 2 aromatic heterocycles. The van der Waals surface area contributed by atoms with E-state index >= 15 is 0 Å². The lowest BCUT2D eigenvalue weighted by Gasteiger charge is -2.09. The Labute approximate surface area is 193 Å². The van der Waals surface area contributed by atoms with E-state index in [1.165, 1.54) is 24.0 Å². The number of nitrogens with zero attached hydrogens (tertiary/aromatic N) is 5. The number of allylic oxidation sites excluding steroid dienone is 1. The Hall–Kier alpha value is -4.43. The number of rotatable bonds is 8. The molecule has 10 nitrogen and oxygen atoms in total. The standard InChI is InChI=1S/C22H18N8O2S/c23-12-17(21-28-19(14-33-21)15-4-2-1-3-5-15)18-8-9-25-22(29-18)26-11-10-24-20-7-6-16(13-27-20)30(31)32/h1-9,13-14,28H,10-11H2,(H,24,27)(H,25,26,29)/b21-17-. The molecule has 33 heavy (non-hydrogen) atoms. The molecule has 0 bridgehead atoms. The normalized spacial score (nSPS) is 14.0. The van der Waals surface area contributed by atoms with Crippen LogP contribution >= 0.6 is 11.8 Å². The summed E-state index contributed by atoms with van der Waals surface area (Å²) in [4.78, 5) is 22.9. The summed E-state index contributed by atoms with van der Waals surface area (Å²) in [5, 5.41) is 32.6. The zero-order valence-electron chi connectivity index (χ0n) is 17.2. The third-order valence-corrected chi connectivity index (χ3v) is 5.45. The van der Waals surface area contributed by atoms with E-state index in [9.17, 15) is 15.4 Å². The first-order chi connectivity index (χ1) is 16.1. The number of anilines is 2. The Balaban J connectivity index is 1.36. The SMILES string of the molecule is N#C/C(=C1\NC(c2ccccc2)=CS1)c1ccnc(NCCNc2ccc([N+](=O)[O-])cn2)n1. The first-order valence-corrected chi connectivity index (χ1v) is 10.8. The van der Waals surface area contributed by atoms with Crippen molar-refractivity contribution < 1.29 is 4.92 Å². The molecule has 11 heteroatoms. The van der Waals surface area contributed by atoms with Crippen LogP contribution in [0.15, 0.2) is 71.4 Å². The molecule has 1 aliphatic rings. The fraction of sp³-hybridized carbons (Fsp3) is 0.0909. The van der Waals surface area contributed by atoms with Gasteiger partial charge in [-0.25, -0.2) is 15.0 Å². The lowest BCUT2D eigenvalue weighted by Crippen LogP contribution is -2.16. The molecular formula is C22H18N8O2S. The summed E-state index contributed by atoms with van der Waals surface area (Å²) in [5.41, 5.74) is 2.85. The molecule has 0 fully saturated rings. The molecule has 0 saturated heterocycles. The van der Waals surface area contributed by atoms with Gasteiger partial charge in [0.2, 0.25) is 5.95 Å². The third-order valence-electron chi connectivity index (χ3n) is 4.55. The molecule has 0 radical (unpaired) electrons. The quantitative estimate of drug-likeness (QED) is 0.197. The van der Waals surface area contributed by atoms with Crippen LogP contribution in [0.3, 0.4) is 0 Å². The van der Waals surface area contributed by atoms with Gasteiger partial charge in [-0.15, -0.1) is 0 Å². The highest BCUT2D eigenvalue weighted by molar-refractivity contribution is 8.06. The molecule has 0 atom stereocenters. The van der Waals surface area contributed by atoms with Crippen molar-refractivity contribution in [3.8, 4) is 6.07 Å². The number of nitro groups is 1. The van der Waals surface area contributed by atoms with Crippen molar-refractivity contribution in [3.05, 3.63) is 92.7 Å². The first kappa shape index (κ1) is 21.8. The second-order valence-corrected chi connectivity index (χ2v) is 7.61. The lowest BCUT2D eigenvalue weighted by atomic mass is 10.1. The fourth-order valence-corrected chi connectivity index (χ4v) is 3.82. The Bertz CT molecular complexity index is 1250. The number of pyridine rings is 1. The molecule has 3 heterocycles. The molecule has 1 aliphatic heterocycles. The maximum atomic E-state index is 10.7. The predicted octanol–water partition coefficient (Wildman–Crippen LogP) is 3.83. The second kappa shape index (κ2) is 10.3. The van der Waals surface area contributed by atoms with Crippen LogP contribution in [0.4, 0.5) is 17.5 Å². The van der Waals surface area contributed by atoms with Crippen molar-refractivity contribution in [2.45, 2.75) is 0 Å². The predicted molar refractivity (Wildman–Crippen MR) is 128 cm³/mol. The summed E-state index contributed by atoms with van der Waals surface area (Å²) in [6.45, 7) is 0.972. The topological polar surface area (TPSA) is 142 Å². The van der Waals surface area contributed by atoms with Gasteiger partial charge in [-0.05, 0) is 17.7 Å². The van der Waals surface area contributed by atoms with Crippen LogP contribution in [0.1, 0.15) is 11.3 Å².